The van der Waals surface area contributed by atoms with E-state index in [-0.39, 0.29) is 17.4 Å². The maximum atomic E-state index is 12.1. The Kier molecular flexibility index (Phi) is 3.75. The molecule has 0 spiro atoms. The number of nitrogens with one attached hydrogen (secondary N) is 1. The number of thioether (sulfide) groups is 1. The first kappa shape index (κ1) is 13.9. The quantitative estimate of drug-likeness (QED) is 0.865. The molecule has 0 aromatic carbocycles. The SMILES string of the molecule is CSc1ccsc1C(=O)N[C@]1(C)CCS(=O)(=O)C1. The fourth-order valence-corrected chi connectivity index (χ4v) is 5.80. The van der Waals surface area contributed by atoms with E-state index in [9.17, 15) is 13.2 Å². The Morgan fingerprint density at radius 1 is 1.56 bits per heavy atom. The lowest BCUT2D eigenvalue weighted by atomic mass is 10.0. The molecule has 1 N–H and O–H groups in total. The third kappa shape index (κ3) is 2.89. The highest BCUT2D eigenvalue weighted by Gasteiger charge is 2.39. The number of thiophene rings is 1. The topological polar surface area (TPSA) is 63.2 Å². The molecule has 1 saturated heterocycles. The predicted octanol–water partition coefficient (Wildman–Crippen LogP) is 1.78. The summed E-state index contributed by atoms with van der Waals surface area (Å²) in [4.78, 5) is 13.7. The maximum Gasteiger partial charge on any atom is 0.262 e. The number of hydrogen-bond donors (Lipinski definition) is 1. The molecule has 1 atom stereocenters. The van der Waals surface area contributed by atoms with Gasteiger partial charge in [0.1, 0.15) is 4.88 Å². The van der Waals surface area contributed by atoms with Gasteiger partial charge in [-0.2, -0.15) is 0 Å². The number of amides is 1. The van der Waals surface area contributed by atoms with Crippen LogP contribution < -0.4 is 5.32 Å². The van der Waals surface area contributed by atoms with Gasteiger partial charge in [-0.25, -0.2) is 8.42 Å². The van der Waals surface area contributed by atoms with Crippen LogP contribution in [0, 0.1) is 0 Å². The van der Waals surface area contributed by atoms with Gasteiger partial charge in [-0.1, -0.05) is 0 Å². The van der Waals surface area contributed by atoms with Crippen molar-refractivity contribution in [1.82, 2.24) is 5.32 Å². The fourth-order valence-electron chi connectivity index (χ4n) is 2.06. The van der Waals surface area contributed by atoms with Crippen molar-refractivity contribution >= 4 is 38.8 Å². The van der Waals surface area contributed by atoms with Crippen LogP contribution in [-0.4, -0.2) is 37.6 Å². The summed E-state index contributed by atoms with van der Waals surface area (Å²) in [5, 5.41) is 4.74. The van der Waals surface area contributed by atoms with Gasteiger partial charge < -0.3 is 5.32 Å². The van der Waals surface area contributed by atoms with E-state index in [0.717, 1.165) is 4.90 Å². The van der Waals surface area contributed by atoms with Crippen LogP contribution in [0.1, 0.15) is 23.0 Å². The third-order valence-corrected chi connectivity index (χ3v) is 6.70. The minimum atomic E-state index is -3.00. The molecule has 1 aromatic rings. The highest BCUT2D eigenvalue weighted by atomic mass is 32.2. The van der Waals surface area contributed by atoms with Gasteiger partial charge in [0, 0.05) is 4.90 Å². The molecule has 18 heavy (non-hydrogen) atoms. The zero-order valence-corrected chi connectivity index (χ0v) is 12.7. The molecule has 0 unspecified atom stereocenters. The molecule has 1 aromatic heterocycles. The Bertz CT molecular complexity index is 564. The monoisotopic (exact) mass is 305 g/mol. The summed E-state index contributed by atoms with van der Waals surface area (Å²) in [7, 11) is -3.00. The summed E-state index contributed by atoms with van der Waals surface area (Å²) in [6.07, 6.45) is 2.40. The zero-order valence-electron chi connectivity index (χ0n) is 10.2. The second-order valence-electron chi connectivity index (χ2n) is 4.67. The Morgan fingerprint density at radius 2 is 2.28 bits per heavy atom. The minimum Gasteiger partial charge on any atom is -0.345 e. The lowest BCUT2D eigenvalue weighted by Crippen LogP contribution is -2.46. The smallest absolute Gasteiger partial charge is 0.262 e. The van der Waals surface area contributed by atoms with Crippen molar-refractivity contribution < 1.29 is 13.2 Å². The molecule has 4 nitrogen and oxygen atoms in total. The van der Waals surface area contributed by atoms with Crippen LogP contribution in [0.4, 0.5) is 0 Å². The van der Waals surface area contributed by atoms with E-state index in [1.165, 1.54) is 23.1 Å². The molecule has 2 rings (SSSR count). The highest BCUT2D eigenvalue weighted by Crippen LogP contribution is 2.28. The molecule has 0 radical (unpaired) electrons. The number of carbonyl (C=O) groups excluding carboxylic acids is 1. The van der Waals surface area contributed by atoms with Crippen molar-refractivity contribution in [3.8, 4) is 0 Å². The molecule has 0 aliphatic carbocycles. The van der Waals surface area contributed by atoms with E-state index < -0.39 is 15.4 Å². The number of hydrogen-bond acceptors (Lipinski definition) is 5. The molecule has 7 heteroatoms. The van der Waals surface area contributed by atoms with E-state index in [1.807, 2.05) is 17.7 Å². The standard InChI is InChI=1S/C11H15NO3S3/c1-11(4-6-18(14,15)7-11)12-10(13)9-8(16-2)3-5-17-9/h3,5H,4,6-7H2,1-2H3,(H,12,13)/t11-/m1/s1. The molecule has 1 fully saturated rings. The van der Waals surface area contributed by atoms with E-state index in [1.54, 1.807) is 6.92 Å². The molecule has 0 bridgehead atoms. The Labute approximate surface area is 115 Å². The third-order valence-electron chi connectivity index (χ3n) is 2.97. The summed E-state index contributed by atoms with van der Waals surface area (Å²) in [6, 6.07) is 1.90. The van der Waals surface area contributed by atoms with Gasteiger partial charge in [-0.3, -0.25) is 4.79 Å². The van der Waals surface area contributed by atoms with Crippen molar-refractivity contribution in [2.45, 2.75) is 23.8 Å². The number of sulfone groups is 1. The molecule has 1 amide bonds. The summed E-state index contributed by atoms with van der Waals surface area (Å²) < 4.78 is 23.0. The normalized spacial score (nSPS) is 26.1. The van der Waals surface area contributed by atoms with Crippen molar-refractivity contribution in [1.29, 1.82) is 0 Å². The van der Waals surface area contributed by atoms with E-state index in [0.29, 0.717) is 11.3 Å². The van der Waals surface area contributed by atoms with Gasteiger partial charge in [-0.15, -0.1) is 23.1 Å². The first-order chi connectivity index (χ1) is 8.35. The summed E-state index contributed by atoms with van der Waals surface area (Å²) in [5.74, 6) is 0.0175. The Hall–Kier alpha value is -0.530. The molecular formula is C11H15NO3S3. The summed E-state index contributed by atoms with van der Waals surface area (Å²) in [6.45, 7) is 1.79. The number of carbonyl (C=O) groups is 1. The van der Waals surface area contributed by atoms with Crippen LogP contribution in [0.2, 0.25) is 0 Å². The Morgan fingerprint density at radius 3 is 2.83 bits per heavy atom. The van der Waals surface area contributed by atoms with Crippen molar-refractivity contribution in [3.63, 3.8) is 0 Å². The minimum absolute atomic E-state index is 0.0334. The summed E-state index contributed by atoms with van der Waals surface area (Å²) >= 11 is 2.90. The van der Waals surface area contributed by atoms with Gasteiger partial charge in [-0.05, 0) is 31.0 Å². The van der Waals surface area contributed by atoms with Crippen molar-refractivity contribution in [2.75, 3.05) is 17.8 Å². The van der Waals surface area contributed by atoms with Crippen LogP contribution in [0.3, 0.4) is 0 Å². The van der Waals surface area contributed by atoms with Crippen LogP contribution >= 0.6 is 23.1 Å². The highest BCUT2D eigenvalue weighted by molar-refractivity contribution is 7.98. The Balaban J connectivity index is 2.13. The molecule has 1 aliphatic rings. The second-order valence-corrected chi connectivity index (χ2v) is 8.62. The van der Waals surface area contributed by atoms with Gasteiger partial charge in [0.15, 0.2) is 9.84 Å². The van der Waals surface area contributed by atoms with E-state index in [4.69, 9.17) is 0 Å². The zero-order chi connectivity index (χ0) is 13.4. The predicted molar refractivity (Wildman–Crippen MR) is 75.2 cm³/mol. The average Bonchev–Trinajstić information content (AvgIpc) is 2.82. The van der Waals surface area contributed by atoms with Gasteiger partial charge >= 0.3 is 0 Å². The van der Waals surface area contributed by atoms with Crippen LogP contribution in [0.5, 0.6) is 0 Å². The average molecular weight is 305 g/mol. The van der Waals surface area contributed by atoms with E-state index in [2.05, 4.69) is 5.32 Å². The van der Waals surface area contributed by atoms with Crippen molar-refractivity contribution in [3.05, 3.63) is 16.3 Å². The van der Waals surface area contributed by atoms with Crippen molar-refractivity contribution in [2.24, 2.45) is 0 Å². The summed E-state index contributed by atoms with van der Waals surface area (Å²) in [5.41, 5.74) is -0.629. The maximum absolute atomic E-state index is 12.1. The van der Waals surface area contributed by atoms with Crippen LogP contribution in [-0.2, 0) is 9.84 Å². The first-order valence-electron chi connectivity index (χ1n) is 5.50. The lowest BCUT2D eigenvalue weighted by molar-refractivity contribution is 0.0917. The van der Waals surface area contributed by atoms with Gasteiger partial charge in [0.2, 0.25) is 0 Å². The van der Waals surface area contributed by atoms with Gasteiger partial charge in [0.05, 0.1) is 17.0 Å². The van der Waals surface area contributed by atoms with Crippen LogP contribution in [0.25, 0.3) is 0 Å². The van der Waals surface area contributed by atoms with E-state index >= 15 is 0 Å². The number of rotatable bonds is 3. The fraction of sp³-hybridized carbons (Fsp3) is 0.545. The largest absolute Gasteiger partial charge is 0.345 e. The molecule has 0 saturated carbocycles. The molecule has 1 aliphatic heterocycles. The first-order valence-corrected chi connectivity index (χ1v) is 9.42. The lowest BCUT2D eigenvalue weighted by Gasteiger charge is -2.23. The molecular weight excluding hydrogens is 290 g/mol. The second kappa shape index (κ2) is 4.86. The van der Waals surface area contributed by atoms with Gasteiger partial charge in [0.25, 0.3) is 5.91 Å². The molecule has 100 valence electrons. The molecule has 2 heterocycles. The van der Waals surface area contributed by atoms with Crippen LogP contribution in [0.15, 0.2) is 16.3 Å².